The Bertz CT molecular complexity index is 1180. The van der Waals surface area contributed by atoms with Crippen molar-refractivity contribution in [2.75, 3.05) is 18.0 Å². The van der Waals surface area contributed by atoms with Crippen LogP contribution in [0.2, 0.25) is 0 Å². The van der Waals surface area contributed by atoms with Gasteiger partial charge in [-0.3, -0.25) is 14.4 Å². The topological polar surface area (TPSA) is 95.9 Å². The van der Waals surface area contributed by atoms with Crippen molar-refractivity contribution >= 4 is 16.7 Å². The Morgan fingerprint density at radius 3 is 2.69 bits per heavy atom. The number of hydrogen-bond acceptors (Lipinski definition) is 7. The Morgan fingerprint density at radius 1 is 1.25 bits per heavy atom. The van der Waals surface area contributed by atoms with E-state index in [2.05, 4.69) is 51.7 Å². The Kier molecular flexibility index (Phi) is 6.24. The quantitative estimate of drug-likeness (QED) is 0.588. The van der Waals surface area contributed by atoms with Crippen LogP contribution in [-0.2, 0) is 13.6 Å². The summed E-state index contributed by atoms with van der Waals surface area (Å²) in [6.07, 6.45) is 7.11. The molecule has 0 spiro atoms. The minimum absolute atomic E-state index is 0.0660. The van der Waals surface area contributed by atoms with E-state index < -0.39 is 0 Å². The Balaban J connectivity index is 1.74. The van der Waals surface area contributed by atoms with Gasteiger partial charge < -0.3 is 9.47 Å². The molecule has 0 bridgehead atoms. The first-order valence-corrected chi connectivity index (χ1v) is 11.2. The van der Waals surface area contributed by atoms with E-state index in [4.69, 9.17) is 5.26 Å². The molecule has 3 aromatic heterocycles. The minimum Gasteiger partial charge on any atom is -0.364 e. The first kappa shape index (κ1) is 22.0. The standard InChI is InChI=1S/C23H30N8O/c1-5-17-13-31(18(6-2)12-30(17)16(3)19-7-9-25-15-26-19)20-11-22(32)28(4)21-14-29(10-8-24)27-23(20)21/h7,9,11,14-18H,5-6,10,12-13H2,1-4H3/t16?,17-,18+/m1/s1. The van der Waals surface area contributed by atoms with Gasteiger partial charge in [0.25, 0.3) is 5.56 Å². The molecule has 1 unspecified atom stereocenters. The highest BCUT2D eigenvalue weighted by Gasteiger charge is 2.36. The summed E-state index contributed by atoms with van der Waals surface area (Å²) in [6.45, 7) is 8.42. The van der Waals surface area contributed by atoms with Crippen LogP contribution < -0.4 is 10.5 Å². The summed E-state index contributed by atoms with van der Waals surface area (Å²) in [5.74, 6) is 0. The number of hydrogen-bond donors (Lipinski definition) is 0. The van der Waals surface area contributed by atoms with Crippen LogP contribution in [0.5, 0.6) is 0 Å². The van der Waals surface area contributed by atoms with Gasteiger partial charge in [-0.15, -0.1) is 0 Å². The van der Waals surface area contributed by atoms with Crippen molar-refractivity contribution in [3.8, 4) is 6.07 Å². The van der Waals surface area contributed by atoms with Crippen LogP contribution in [0, 0.1) is 11.3 Å². The molecular weight excluding hydrogens is 404 g/mol. The Morgan fingerprint density at radius 2 is 2.03 bits per heavy atom. The third-order valence-corrected chi connectivity index (χ3v) is 6.69. The number of rotatable bonds is 6. The van der Waals surface area contributed by atoms with Gasteiger partial charge in [0.15, 0.2) is 0 Å². The van der Waals surface area contributed by atoms with Crippen LogP contribution in [0.15, 0.2) is 35.6 Å². The highest BCUT2D eigenvalue weighted by molar-refractivity contribution is 5.88. The summed E-state index contributed by atoms with van der Waals surface area (Å²) >= 11 is 0. The smallest absolute Gasteiger partial charge is 0.252 e. The first-order chi connectivity index (χ1) is 15.5. The van der Waals surface area contributed by atoms with Crippen LogP contribution in [0.1, 0.15) is 45.3 Å². The molecule has 1 fully saturated rings. The first-order valence-electron chi connectivity index (χ1n) is 11.2. The summed E-state index contributed by atoms with van der Waals surface area (Å²) in [5, 5.41) is 13.8. The molecule has 4 heterocycles. The highest BCUT2D eigenvalue weighted by atomic mass is 16.1. The molecule has 0 aromatic carbocycles. The van der Waals surface area contributed by atoms with E-state index in [1.165, 1.54) is 0 Å². The lowest BCUT2D eigenvalue weighted by Crippen LogP contribution is -2.58. The Hall–Kier alpha value is -3.25. The molecule has 9 heteroatoms. The van der Waals surface area contributed by atoms with Crippen molar-refractivity contribution in [3.05, 3.63) is 46.9 Å². The zero-order chi connectivity index (χ0) is 22.8. The van der Waals surface area contributed by atoms with E-state index >= 15 is 0 Å². The van der Waals surface area contributed by atoms with Crippen molar-refractivity contribution in [1.82, 2.24) is 29.2 Å². The summed E-state index contributed by atoms with van der Waals surface area (Å²) in [5.41, 5.74) is 3.34. The average molecular weight is 435 g/mol. The molecule has 0 radical (unpaired) electrons. The van der Waals surface area contributed by atoms with E-state index in [0.717, 1.165) is 48.3 Å². The predicted octanol–water partition coefficient (Wildman–Crippen LogP) is 2.49. The number of aromatic nitrogens is 5. The zero-order valence-electron chi connectivity index (χ0n) is 19.1. The molecule has 1 aliphatic heterocycles. The Labute approximate surface area is 187 Å². The second-order valence-corrected chi connectivity index (χ2v) is 8.43. The fourth-order valence-electron chi connectivity index (χ4n) is 4.78. The summed E-state index contributed by atoms with van der Waals surface area (Å²) < 4.78 is 3.21. The van der Waals surface area contributed by atoms with Gasteiger partial charge in [0.05, 0.1) is 29.2 Å². The largest absolute Gasteiger partial charge is 0.364 e. The van der Waals surface area contributed by atoms with Crippen LogP contribution in [-0.4, -0.2) is 54.4 Å². The summed E-state index contributed by atoms with van der Waals surface area (Å²) in [4.78, 5) is 26.2. The molecule has 0 saturated carbocycles. The van der Waals surface area contributed by atoms with Crippen molar-refractivity contribution in [1.29, 1.82) is 5.26 Å². The van der Waals surface area contributed by atoms with Crippen LogP contribution in [0.25, 0.3) is 11.0 Å². The van der Waals surface area contributed by atoms with E-state index in [-0.39, 0.29) is 24.2 Å². The number of fused-ring (bicyclic) bond motifs is 1. The lowest BCUT2D eigenvalue weighted by atomic mass is 9.98. The van der Waals surface area contributed by atoms with Crippen LogP contribution in [0.3, 0.4) is 0 Å². The maximum Gasteiger partial charge on any atom is 0.252 e. The second-order valence-electron chi connectivity index (χ2n) is 8.43. The molecule has 4 rings (SSSR count). The molecule has 32 heavy (non-hydrogen) atoms. The molecule has 0 amide bonds. The number of pyridine rings is 1. The van der Waals surface area contributed by atoms with Crippen molar-refractivity contribution < 1.29 is 0 Å². The second kappa shape index (κ2) is 9.09. The van der Waals surface area contributed by atoms with Gasteiger partial charge in [0.1, 0.15) is 18.4 Å². The molecule has 9 nitrogen and oxygen atoms in total. The number of nitriles is 1. The summed E-state index contributed by atoms with van der Waals surface area (Å²) in [6, 6.07) is 6.53. The van der Waals surface area contributed by atoms with Gasteiger partial charge in [0, 0.05) is 50.5 Å². The molecule has 3 aromatic rings. The molecular formula is C23H30N8O. The SMILES string of the molecule is CC[C@H]1CN(C(C)c2ccncn2)[C@H](CC)CN1c1cc(=O)n(C)c2cn(CC#N)nc12. The van der Waals surface area contributed by atoms with Crippen LogP contribution >= 0.6 is 0 Å². The van der Waals surface area contributed by atoms with E-state index in [1.807, 2.05) is 6.07 Å². The fraction of sp³-hybridized carbons (Fsp3) is 0.522. The van der Waals surface area contributed by atoms with Gasteiger partial charge in [-0.25, -0.2) is 9.97 Å². The van der Waals surface area contributed by atoms with Gasteiger partial charge in [-0.05, 0) is 25.8 Å². The third kappa shape index (κ3) is 3.86. The monoisotopic (exact) mass is 434 g/mol. The molecule has 0 aliphatic carbocycles. The molecule has 1 aliphatic rings. The van der Waals surface area contributed by atoms with E-state index in [1.54, 1.807) is 41.1 Å². The molecule has 0 N–H and O–H groups in total. The molecule has 1 saturated heterocycles. The van der Waals surface area contributed by atoms with Gasteiger partial charge >= 0.3 is 0 Å². The van der Waals surface area contributed by atoms with E-state index in [9.17, 15) is 4.79 Å². The van der Waals surface area contributed by atoms with Gasteiger partial charge in [0.2, 0.25) is 0 Å². The van der Waals surface area contributed by atoms with Crippen LogP contribution in [0.4, 0.5) is 5.69 Å². The maximum atomic E-state index is 12.8. The van der Waals surface area contributed by atoms with Crippen molar-refractivity contribution in [3.63, 3.8) is 0 Å². The lowest BCUT2D eigenvalue weighted by Gasteiger charge is -2.49. The number of nitrogens with zero attached hydrogens (tertiary/aromatic N) is 8. The fourth-order valence-corrected chi connectivity index (χ4v) is 4.78. The predicted molar refractivity (Wildman–Crippen MR) is 123 cm³/mol. The van der Waals surface area contributed by atoms with Crippen molar-refractivity contribution in [2.24, 2.45) is 7.05 Å². The third-order valence-electron chi connectivity index (χ3n) is 6.69. The molecule has 168 valence electrons. The molecule has 3 atom stereocenters. The highest BCUT2D eigenvalue weighted by Crippen LogP contribution is 2.33. The number of aryl methyl sites for hydroxylation is 1. The average Bonchev–Trinajstić information content (AvgIpc) is 3.25. The normalized spacial score (nSPS) is 20.4. The van der Waals surface area contributed by atoms with Gasteiger partial charge in [-0.1, -0.05) is 13.8 Å². The van der Waals surface area contributed by atoms with Gasteiger partial charge in [-0.2, -0.15) is 10.4 Å². The van der Waals surface area contributed by atoms with Crippen molar-refractivity contribution in [2.45, 2.75) is 58.3 Å². The number of anilines is 1. The zero-order valence-corrected chi connectivity index (χ0v) is 19.1. The minimum atomic E-state index is -0.0660. The lowest BCUT2D eigenvalue weighted by molar-refractivity contribution is 0.0991. The summed E-state index contributed by atoms with van der Waals surface area (Å²) in [7, 11) is 1.75. The maximum absolute atomic E-state index is 12.8. The van der Waals surface area contributed by atoms with E-state index in [0.29, 0.717) is 6.04 Å². The number of piperazine rings is 1.